The van der Waals surface area contributed by atoms with Crippen LogP contribution in [0.1, 0.15) is 26.0 Å². The Bertz CT molecular complexity index is 459. The largest absolute Gasteiger partial charge is 0.467 e. The first kappa shape index (κ1) is 11.9. The highest BCUT2D eigenvalue weighted by atomic mass is 16.3. The van der Waals surface area contributed by atoms with Gasteiger partial charge in [0, 0.05) is 18.3 Å². The molecule has 92 valence electrons. The van der Waals surface area contributed by atoms with Crippen LogP contribution in [-0.4, -0.2) is 16.1 Å². The number of aryl methyl sites for hydroxylation is 1. The van der Waals surface area contributed by atoms with E-state index in [2.05, 4.69) is 28.7 Å². The minimum atomic E-state index is 0.759. The topological polar surface area (TPSA) is 43.0 Å². The van der Waals surface area contributed by atoms with E-state index in [-0.39, 0.29) is 0 Å². The summed E-state index contributed by atoms with van der Waals surface area (Å²) in [5.74, 6) is 0.958. The van der Waals surface area contributed by atoms with Gasteiger partial charge in [-0.1, -0.05) is 6.92 Å². The third kappa shape index (κ3) is 2.77. The van der Waals surface area contributed by atoms with E-state index >= 15 is 0 Å². The van der Waals surface area contributed by atoms with Gasteiger partial charge in [-0.05, 0) is 26.0 Å². The zero-order chi connectivity index (χ0) is 12.1. The summed E-state index contributed by atoms with van der Waals surface area (Å²) >= 11 is 0. The van der Waals surface area contributed by atoms with Gasteiger partial charge >= 0.3 is 0 Å². The van der Waals surface area contributed by atoms with Crippen LogP contribution in [-0.2, 0) is 13.1 Å². The molecule has 2 aromatic rings. The summed E-state index contributed by atoms with van der Waals surface area (Å²) in [6.45, 7) is 6.95. The highest BCUT2D eigenvalue weighted by molar-refractivity contribution is 5.60. The SMILES string of the molecule is CCCNCc1occc1-c1cn(CC)cn1. The maximum atomic E-state index is 5.50. The molecule has 4 nitrogen and oxygen atoms in total. The molecule has 0 spiro atoms. The van der Waals surface area contributed by atoms with Crippen molar-refractivity contribution in [2.24, 2.45) is 0 Å². The fourth-order valence-corrected chi connectivity index (χ4v) is 1.76. The average molecular weight is 233 g/mol. The third-order valence-corrected chi connectivity index (χ3v) is 2.73. The van der Waals surface area contributed by atoms with Crippen molar-refractivity contribution in [2.45, 2.75) is 33.4 Å². The molecule has 2 heterocycles. The Kier molecular flexibility index (Phi) is 3.98. The molecule has 1 N–H and O–H groups in total. The van der Waals surface area contributed by atoms with Gasteiger partial charge in [0.05, 0.1) is 24.8 Å². The molecule has 0 fully saturated rings. The zero-order valence-electron chi connectivity index (χ0n) is 10.4. The van der Waals surface area contributed by atoms with E-state index in [9.17, 15) is 0 Å². The van der Waals surface area contributed by atoms with Crippen molar-refractivity contribution in [3.05, 3.63) is 30.6 Å². The number of nitrogens with zero attached hydrogens (tertiary/aromatic N) is 2. The lowest BCUT2D eigenvalue weighted by Crippen LogP contribution is -2.13. The maximum Gasteiger partial charge on any atom is 0.126 e. The predicted molar refractivity (Wildman–Crippen MR) is 67.6 cm³/mol. The Balaban J connectivity index is 2.12. The van der Waals surface area contributed by atoms with Gasteiger partial charge in [0.2, 0.25) is 0 Å². The van der Waals surface area contributed by atoms with Crippen molar-refractivity contribution in [2.75, 3.05) is 6.54 Å². The van der Waals surface area contributed by atoms with Crippen molar-refractivity contribution in [3.8, 4) is 11.3 Å². The standard InChI is InChI=1S/C13H19N3O/c1-3-6-14-8-13-11(5-7-17-13)12-9-16(4-2)10-15-12/h5,7,9-10,14H,3-4,6,8H2,1-2H3. The van der Waals surface area contributed by atoms with Crippen LogP contribution in [0, 0.1) is 0 Å². The number of furan rings is 1. The van der Waals surface area contributed by atoms with E-state index in [1.54, 1.807) is 6.26 Å². The van der Waals surface area contributed by atoms with E-state index in [0.717, 1.165) is 43.1 Å². The van der Waals surface area contributed by atoms with Gasteiger partial charge in [-0.25, -0.2) is 4.98 Å². The van der Waals surface area contributed by atoms with Gasteiger partial charge in [0.1, 0.15) is 5.76 Å². The molecule has 0 saturated heterocycles. The minimum Gasteiger partial charge on any atom is -0.467 e. The van der Waals surface area contributed by atoms with Crippen molar-refractivity contribution in [1.82, 2.24) is 14.9 Å². The van der Waals surface area contributed by atoms with Crippen LogP contribution in [0.3, 0.4) is 0 Å². The van der Waals surface area contributed by atoms with Crippen LogP contribution in [0.15, 0.2) is 29.3 Å². The fourth-order valence-electron chi connectivity index (χ4n) is 1.76. The molecular weight excluding hydrogens is 214 g/mol. The molecule has 0 radical (unpaired) electrons. The minimum absolute atomic E-state index is 0.759. The maximum absolute atomic E-state index is 5.50. The van der Waals surface area contributed by atoms with Gasteiger partial charge in [0.25, 0.3) is 0 Å². The van der Waals surface area contributed by atoms with Crippen molar-refractivity contribution < 1.29 is 4.42 Å². The smallest absolute Gasteiger partial charge is 0.126 e. The highest BCUT2D eigenvalue weighted by Crippen LogP contribution is 2.23. The Morgan fingerprint density at radius 3 is 3.00 bits per heavy atom. The number of rotatable bonds is 6. The van der Waals surface area contributed by atoms with E-state index < -0.39 is 0 Å². The first-order valence-electron chi connectivity index (χ1n) is 6.14. The van der Waals surface area contributed by atoms with Gasteiger partial charge in [0.15, 0.2) is 0 Å². The number of nitrogens with one attached hydrogen (secondary N) is 1. The second-order valence-electron chi connectivity index (χ2n) is 4.02. The summed E-state index contributed by atoms with van der Waals surface area (Å²) in [5.41, 5.74) is 2.06. The molecule has 2 aromatic heterocycles. The molecule has 0 bridgehead atoms. The van der Waals surface area contributed by atoms with Crippen LogP contribution >= 0.6 is 0 Å². The molecule has 0 amide bonds. The number of hydrogen-bond donors (Lipinski definition) is 1. The van der Waals surface area contributed by atoms with Crippen LogP contribution < -0.4 is 5.32 Å². The van der Waals surface area contributed by atoms with Gasteiger partial charge in [-0.2, -0.15) is 0 Å². The van der Waals surface area contributed by atoms with Crippen LogP contribution in [0.2, 0.25) is 0 Å². The lowest BCUT2D eigenvalue weighted by atomic mass is 10.2. The molecule has 0 aliphatic rings. The molecule has 0 saturated carbocycles. The molecule has 17 heavy (non-hydrogen) atoms. The fraction of sp³-hybridized carbons (Fsp3) is 0.462. The zero-order valence-corrected chi connectivity index (χ0v) is 10.4. The second kappa shape index (κ2) is 5.68. The molecular formula is C13H19N3O. The highest BCUT2D eigenvalue weighted by Gasteiger charge is 2.10. The van der Waals surface area contributed by atoms with Crippen molar-refractivity contribution in [1.29, 1.82) is 0 Å². The summed E-state index contributed by atoms with van der Waals surface area (Å²) in [6, 6.07) is 1.98. The van der Waals surface area contributed by atoms with Gasteiger partial charge in [-0.3, -0.25) is 0 Å². The molecule has 2 rings (SSSR count). The molecule has 0 unspecified atom stereocenters. The van der Waals surface area contributed by atoms with Crippen molar-refractivity contribution in [3.63, 3.8) is 0 Å². The summed E-state index contributed by atoms with van der Waals surface area (Å²) < 4.78 is 7.56. The van der Waals surface area contributed by atoms with Crippen LogP contribution in [0.4, 0.5) is 0 Å². The third-order valence-electron chi connectivity index (χ3n) is 2.73. The Labute approximate surface area is 102 Å². The summed E-state index contributed by atoms with van der Waals surface area (Å²) in [7, 11) is 0. The Morgan fingerprint density at radius 1 is 1.41 bits per heavy atom. The summed E-state index contributed by atoms with van der Waals surface area (Å²) in [6.07, 6.45) is 6.75. The molecule has 0 aliphatic carbocycles. The number of hydrogen-bond acceptors (Lipinski definition) is 3. The first-order valence-corrected chi connectivity index (χ1v) is 6.14. The molecule has 0 atom stereocenters. The average Bonchev–Trinajstić information content (AvgIpc) is 2.96. The van der Waals surface area contributed by atoms with E-state index in [0.29, 0.717) is 0 Å². The predicted octanol–water partition coefficient (Wildman–Crippen LogP) is 2.66. The Morgan fingerprint density at radius 2 is 2.29 bits per heavy atom. The number of imidazole rings is 1. The van der Waals surface area contributed by atoms with Gasteiger partial charge in [-0.15, -0.1) is 0 Å². The van der Waals surface area contributed by atoms with Crippen LogP contribution in [0.25, 0.3) is 11.3 Å². The number of aromatic nitrogens is 2. The normalized spacial score (nSPS) is 10.9. The first-order chi connectivity index (χ1) is 8.35. The van der Waals surface area contributed by atoms with Crippen molar-refractivity contribution >= 4 is 0 Å². The monoisotopic (exact) mass is 233 g/mol. The van der Waals surface area contributed by atoms with E-state index in [1.807, 2.05) is 18.6 Å². The molecule has 0 aliphatic heterocycles. The lowest BCUT2D eigenvalue weighted by molar-refractivity contribution is 0.484. The van der Waals surface area contributed by atoms with E-state index in [4.69, 9.17) is 4.42 Å². The lowest BCUT2D eigenvalue weighted by Gasteiger charge is -2.01. The van der Waals surface area contributed by atoms with Gasteiger partial charge < -0.3 is 14.3 Å². The van der Waals surface area contributed by atoms with E-state index in [1.165, 1.54) is 0 Å². The second-order valence-corrected chi connectivity index (χ2v) is 4.02. The summed E-state index contributed by atoms with van der Waals surface area (Å²) in [5, 5.41) is 3.34. The molecule has 4 heteroatoms. The molecule has 0 aromatic carbocycles. The quantitative estimate of drug-likeness (QED) is 0.780. The van der Waals surface area contributed by atoms with Crippen LogP contribution in [0.5, 0.6) is 0 Å². The Hall–Kier alpha value is -1.55. The summed E-state index contributed by atoms with van der Waals surface area (Å²) in [4.78, 5) is 4.39.